The molecule has 0 bridgehead atoms. The lowest BCUT2D eigenvalue weighted by Crippen LogP contribution is -2.32. The zero-order valence-electron chi connectivity index (χ0n) is 18.4. The molecule has 0 aliphatic heterocycles. The first-order chi connectivity index (χ1) is 15.2. The predicted molar refractivity (Wildman–Crippen MR) is 114 cm³/mol. The van der Waals surface area contributed by atoms with Crippen LogP contribution < -0.4 is 5.32 Å². The van der Waals surface area contributed by atoms with Crippen LogP contribution in [0.2, 0.25) is 0 Å². The standard InChI is InChI=1S/C22H37NO8/c24-21(19-31-20-7-4-2-1-3-5-8-20)23-10-12-28-14-16-30-18-17-29-15-13-27-11-6-9-22(25)26/h20H,1-4,6-7,9-19H2,(H,23,24)(H,25,26). The van der Waals surface area contributed by atoms with Gasteiger partial charge in [0, 0.05) is 26.0 Å². The molecule has 0 radical (unpaired) electrons. The summed E-state index contributed by atoms with van der Waals surface area (Å²) in [7, 11) is 0. The normalized spacial score (nSPS) is 16.1. The molecule has 2 N–H and O–H groups in total. The third-order valence-electron chi connectivity index (χ3n) is 4.31. The number of hydrogen-bond donors (Lipinski definition) is 2. The molecule has 0 spiro atoms. The average Bonchev–Trinajstić information content (AvgIpc) is 2.72. The highest BCUT2D eigenvalue weighted by Gasteiger charge is 2.10. The van der Waals surface area contributed by atoms with Crippen LogP contribution in [0.4, 0.5) is 0 Å². The fraction of sp³-hybridized carbons (Fsp3) is 0.818. The van der Waals surface area contributed by atoms with Crippen molar-refractivity contribution >= 4 is 11.9 Å². The maximum atomic E-state index is 11.8. The van der Waals surface area contributed by atoms with E-state index in [4.69, 9.17) is 28.8 Å². The van der Waals surface area contributed by atoms with E-state index in [1.54, 1.807) is 0 Å². The fourth-order valence-corrected chi connectivity index (χ4v) is 2.68. The number of carboxylic acid groups (broad SMARTS) is 1. The predicted octanol–water partition coefficient (Wildman–Crippen LogP) is 1.39. The van der Waals surface area contributed by atoms with Crippen molar-refractivity contribution in [1.82, 2.24) is 5.32 Å². The Morgan fingerprint density at radius 2 is 1.52 bits per heavy atom. The molecule has 178 valence electrons. The van der Waals surface area contributed by atoms with E-state index in [1.807, 2.05) is 0 Å². The zero-order valence-corrected chi connectivity index (χ0v) is 18.4. The van der Waals surface area contributed by atoms with Gasteiger partial charge in [-0.3, -0.25) is 9.59 Å². The van der Waals surface area contributed by atoms with E-state index in [1.165, 1.54) is 6.42 Å². The molecule has 1 aliphatic carbocycles. The number of hydrogen-bond acceptors (Lipinski definition) is 7. The van der Waals surface area contributed by atoms with Gasteiger partial charge in [0.1, 0.15) is 12.7 Å². The zero-order chi connectivity index (χ0) is 22.4. The summed E-state index contributed by atoms with van der Waals surface area (Å²) in [6.45, 7) is 3.98. The maximum Gasteiger partial charge on any atom is 0.303 e. The van der Waals surface area contributed by atoms with Gasteiger partial charge in [-0.2, -0.15) is 0 Å². The smallest absolute Gasteiger partial charge is 0.303 e. The number of ether oxygens (including phenoxy) is 5. The van der Waals surface area contributed by atoms with Crippen LogP contribution in [0.5, 0.6) is 0 Å². The first kappa shape index (κ1) is 27.3. The number of carboxylic acids is 1. The van der Waals surface area contributed by atoms with Crippen molar-refractivity contribution in [2.45, 2.75) is 51.0 Å². The van der Waals surface area contributed by atoms with Gasteiger partial charge in [0.2, 0.25) is 5.91 Å². The van der Waals surface area contributed by atoms with E-state index in [0.29, 0.717) is 65.8 Å². The Kier molecular flexibility index (Phi) is 17.8. The molecule has 1 unspecified atom stereocenters. The second-order valence-electron chi connectivity index (χ2n) is 7.02. The number of rotatable bonds is 19. The van der Waals surface area contributed by atoms with E-state index < -0.39 is 5.97 Å². The van der Waals surface area contributed by atoms with E-state index in [0.717, 1.165) is 25.7 Å². The summed E-state index contributed by atoms with van der Waals surface area (Å²) in [5.74, 6) is 5.20. The molecule has 0 aromatic heterocycles. The molecule has 9 nitrogen and oxygen atoms in total. The number of carbonyl (C=O) groups is 2. The second kappa shape index (κ2) is 20.2. The number of carbonyl (C=O) groups excluding carboxylic acids is 1. The van der Waals surface area contributed by atoms with Gasteiger partial charge in [-0.1, -0.05) is 12.3 Å². The van der Waals surface area contributed by atoms with Crippen LogP contribution in [0.1, 0.15) is 44.9 Å². The highest BCUT2D eigenvalue weighted by Crippen LogP contribution is 2.10. The van der Waals surface area contributed by atoms with Gasteiger partial charge in [0.25, 0.3) is 0 Å². The van der Waals surface area contributed by atoms with Crippen LogP contribution in [0.3, 0.4) is 0 Å². The van der Waals surface area contributed by atoms with Crippen molar-refractivity contribution in [2.24, 2.45) is 0 Å². The summed E-state index contributed by atoms with van der Waals surface area (Å²) in [6, 6.07) is 0. The molecule has 31 heavy (non-hydrogen) atoms. The number of nitrogens with one attached hydrogen (secondary N) is 1. The molecule has 1 amide bonds. The van der Waals surface area contributed by atoms with Crippen molar-refractivity contribution in [3.8, 4) is 11.8 Å². The quantitative estimate of drug-likeness (QED) is 0.227. The minimum atomic E-state index is -0.813. The Bertz CT molecular complexity index is 531. The van der Waals surface area contributed by atoms with Crippen molar-refractivity contribution in [1.29, 1.82) is 0 Å². The molecule has 9 heteroatoms. The summed E-state index contributed by atoms with van der Waals surface area (Å²) in [5.41, 5.74) is 0. The lowest BCUT2D eigenvalue weighted by Gasteiger charge is -2.13. The van der Waals surface area contributed by atoms with Crippen molar-refractivity contribution in [3.05, 3.63) is 0 Å². The lowest BCUT2D eigenvalue weighted by molar-refractivity contribution is -0.137. The summed E-state index contributed by atoms with van der Waals surface area (Å²) >= 11 is 0. The van der Waals surface area contributed by atoms with Crippen LogP contribution >= 0.6 is 0 Å². The van der Waals surface area contributed by atoms with Gasteiger partial charge in [0.05, 0.1) is 46.2 Å². The minimum Gasteiger partial charge on any atom is -0.481 e. The Morgan fingerprint density at radius 3 is 2.19 bits per heavy atom. The van der Waals surface area contributed by atoms with Crippen molar-refractivity contribution in [3.63, 3.8) is 0 Å². The fourth-order valence-electron chi connectivity index (χ4n) is 2.68. The second-order valence-corrected chi connectivity index (χ2v) is 7.02. The van der Waals surface area contributed by atoms with Crippen LogP contribution in [-0.4, -0.2) is 89.1 Å². The third-order valence-corrected chi connectivity index (χ3v) is 4.31. The van der Waals surface area contributed by atoms with Crippen LogP contribution in [-0.2, 0) is 33.3 Å². The topological polar surface area (TPSA) is 113 Å². The van der Waals surface area contributed by atoms with Crippen LogP contribution in [0.15, 0.2) is 0 Å². The summed E-state index contributed by atoms with van der Waals surface area (Å²) < 4.78 is 26.9. The molecule has 0 aromatic carbocycles. The summed E-state index contributed by atoms with van der Waals surface area (Å²) in [5, 5.41) is 11.2. The lowest BCUT2D eigenvalue weighted by atomic mass is 10.1. The van der Waals surface area contributed by atoms with Gasteiger partial charge in [-0.15, -0.1) is 5.92 Å². The van der Waals surface area contributed by atoms with Crippen molar-refractivity contribution < 1.29 is 38.4 Å². The Labute approximate surface area is 185 Å². The van der Waals surface area contributed by atoms with Gasteiger partial charge in [-0.05, 0) is 25.7 Å². The van der Waals surface area contributed by atoms with Gasteiger partial charge in [0.15, 0.2) is 0 Å². The molecule has 0 heterocycles. The van der Waals surface area contributed by atoms with Gasteiger partial charge in [-0.25, -0.2) is 0 Å². The van der Waals surface area contributed by atoms with Crippen LogP contribution in [0.25, 0.3) is 0 Å². The molecular weight excluding hydrogens is 406 g/mol. The van der Waals surface area contributed by atoms with Gasteiger partial charge < -0.3 is 34.1 Å². The first-order valence-electron chi connectivity index (χ1n) is 11.1. The Hall–Kier alpha value is -1.70. The highest BCUT2D eigenvalue weighted by atomic mass is 16.6. The third kappa shape index (κ3) is 18.8. The molecule has 0 aromatic rings. The molecule has 0 saturated heterocycles. The van der Waals surface area contributed by atoms with Crippen LogP contribution in [0, 0.1) is 11.8 Å². The number of amides is 1. The minimum absolute atomic E-state index is 0.0236. The molecule has 1 atom stereocenters. The number of aliphatic carboxylic acids is 1. The van der Waals surface area contributed by atoms with E-state index in [-0.39, 0.29) is 25.0 Å². The molecular formula is C22H37NO8. The first-order valence-corrected chi connectivity index (χ1v) is 11.1. The molecule has 1 rings (SSSR count). The van der Waals surface area contributed by atoms with E-state index >= 15 is 0 Å². The van der Waals surface area contributed by atoms with E-state index in [9.17, 15) is 9.59 Å². The SMILES string of the molecule is O=C(O)CCCOCCOCCOCCOCCNC(=O)COC1C#CCCCCC1. The van der Waals surface area contributed by atoms with E-state index in [2.05, 4.69) is 17.2 Å². The maximum absolute atomic E-state index is 11.8. The molecule has 1 aliphatic rings. The monoisotopic (exact) mass is 443 g/mol. The average molecular weight is 444 g/mol. The summed E-state index contributed by atoms with van der Waals surface area (Å²) in [4.78, 5) is 22.1. The highest BCUT2D eigenvalue weighted by molar-refractivity contribution is 5.77. The molecule has 0 fully saturated rings. The Balaban J connectivity index is 1.79. The van der Waals surface area contributed by atoms with Gasteiger partial charge >= 0.3 is 5.97 Å². The Morgan fingerprint density at radius 1 is 0.871 bits per heavy atom. The largest absolute Gasteiger partial charge is 0.481 e. The van der Waals surface area contributed by atoms with Crippen molar-refractivity contribution in [2.75, 3.05) is 66.0 Å². The molecule has 0 saturated carbocycles. The summed E-state index contributed by atoms with van der Waals surface area (Å²) in [6.07, 6.45) is 5.69.